The van der Waals surface area contributed by atoms with Crippen LogP contribution in [0.5, 0.6) is 0 Å². The van der Waals surface area contributed by atoms with Gasteiger partial charge in [0.2, 0.25) is 6.10 Å². The summed E-state index contributed by atoms with van der Waals surface area (Å²) in [5.74, 6) is -0.382. The Balaban J connectivity index is 2.31. The van der Waals surface area contributed by atoms with Crippen LogP contribution in [0, 0.1) is 6.10 Å². The van der Waals surface area contributed by atoms with Crippen molar-refractivity contribution in [3.8, 4) is 0 Å². The molecule has 1 heterocycles. The van der Waals surface area contributed by atoms with E-state index in [1.165, 1.54) is 7.11 Å². The second kappa shape index (κ2) is 3.53. The maximum Gasteiger partial charge on any atom is 0.343 e. The van der Waals surface area contributed by atoms with Crippen molar-refractivity contribution in [3.63, 3.8) is 0 Å². The van der Waals surface area contributed by atoms with Crippen molar-refractivity contribution in [2.24, 2.45) is 0 Å². The standard InChI is InChI=1S/C6H10NO3/c1-9-6(8)5-4-7-2-3-10-5/h7H,2-4H2,1H3. The summed E-state index contributed by atoms with van der Waals surface area (Å²) < 4.78 is 9.46. The Morgan fingerprint density at radius 3 is 3.10 bits per heavy atom. The Labute approximate surface area is 59.5 Å². The number of carbonyl (C=O) groups excluding carboxylic acids is 1. The van der Waals surface area contributed by atoms with Crippen LogP contribution < -0.4 is 5.32 Å². The minimum absolute atomic E-state index is 0.369. The molecular weight excluding hydrogens is 134 g/mol. The quantitative estimate of drug-likeness (QED) is 0.495. The van der Waals surface area contributed by atoms with Crippen LogP contribution in [0.4, 0.5) is 0 Å². The number of nitrogens with one attached hydrogen (secondary N) is 1. The number of carbonyl (C=O) groups is 1. The molecule has 1 fully saturated rings. The molecule has 57 valence electrons. The first-order valence-corrected chi connectivity index (χ1v) is 3.12. The molecule has 4 heteroatoms. The second-order valence-corrected chi connectivity index (χ2v) is 1.94. The average Bonchev–Trinajstić information content (AvgIpc) is 2.05. The first-order valence-electron chi connectivity index (χ1n) is 3.12. The number of rotatable bonds is 1. The molecule has 4 nitrogen and oxygen atoms in total. The highest BCUT2D eigenvalue weighted by Crippen LogP contribution is 2.05. The largest absolute Gasteiger partial charge is 0.467 e. The molecule has 1 aliphatic heterocycles. The molecule has 0 atom stereocenters. The predicted molar refractivity (Wildman–Crippen MR) is 34.1 cm³/mol. The van der Waals surface area contributed by atoms with E-state index in [1.54, 1.807) is 0 Å². The zero-order valence-corrected chi connectivity index (χ0v) is 5.85. The highest BCUT2D eigenvalue weighted by atomic mass is 16.6. The van der Waals surface area contributed by atoms with Crippen LogP contribution in [-0.2, 0) is 14.3 Å². The predicted octanol–water partition coefficient (Wildman–Crippen LogP) is -0.689. The topological polar surface area (TPSA) is 47.6 Å². The SMILES string of the molecule is COC(=O)[C]1CNCCO1. The van der Waals surface area contributed by atoms with Gasteiger partial charge >= 0.3 is 5.97 Å². The molecule has 0 saturated carbocycles. The van der Waals surface area contributed by atoms with E-state index in [-0.39, 0.29) is 5.97 Å². The summed E-state index contributed by atoms with van der Waals surface area (Å²) in [5.41, 5.74) is 0. The Bertz CT molecular complexity index is 120. The fourth-order valence-corrected chi connectivity index (χ4v) is 0.744. The van der Waals surface area contributed by atoms with Crippen LogP contribution in [0.2, 0.25) is 0 Å². The zero-order valence-electron chi connectivity index (χ0n) is 5.85. The van der Waals surface area contributed by atoms with E-state index in [2.05, 4.69) is 10.1 Å². The normalized spacial score (nSPS) is 20.5. The van der Waals surface area contributed by atoms with Gasteiger partial charge in [0, 0.05) is 13.1 Å². The van der Waals surface area contributed by atoms with Gasteiger partial charge in [-0.25, -0.2) is 4.79 Å². The molecule has 1 saturated heterocycles. The van der Waals surface area contributed by atoms with Crippen molar-refractivity contribution < 1.29 is 14.3 Å². The van der Waals surface area contributed by atoms with Crippen molar-refractivity contribution in [2.45, 2.75) is 0 Å². The third-order valence-electron chi connectivity index (χ3n) is 1.25. The Morgan fingerprint density at radius 1 is 1.80 bits per heavy atom. The van der Waals surface area contributed by atoms with Gasteiger partial charge < -0.3 is 14.8 Å². The minimum Gasteiger partial charge on any atom is -0.467 e. The molecule has 0 bridgehead atoms. The molecule has 1 rings (SSSR count). The van der Waals surface area contributed by atoms with Crippen molar-refractivity contribution in [1.82, 2.24) is 5.32 Å². The van der Waals surface area contributed by atoms with E-state index >= 15 is 0 Å². The van der Waals surface area contributed by atoms with Crippen LogP contribution in [-0.4, -0.2) is 32.8 Å². The molecular formula is C6H10NO3. The van der Waals surface area contributed by atoms with E-state index in [1.807, 2.05) is 0 Å². The lowest BCUT2D eigenvalue weighted by molar-refractivity contribution is -0.145. The molecule has 1 radical (unpaired) electrons. The van der Waals surface area contributed by atoms with Gasteiger partial charge in [-0.15, -0.1) is 0 Å². The molecule has 0 spiro atoms. The minimum atomic E-state index is -0.382. The molecule has 1 N–H and O–H groups in total. The van der Waals surface area contributed by atoms with Crippen molar-refractivity contribution in [1.29, 1.82) is 0 Å². The smallest absolute Gasteiger partial charge is 0.343 e. The monoisotopic (exact) mass is 144 g/mol. The summed E-state index contributed by atoms with van der Waals surface area (Å²) in [6.45, 7) is 1.82. The highest BCUT2D eigenvalue weighted by Gasteiger charge is 2.23. The first kappa shape index (κ1) is 7.50. The molecule has 0 aliphatic carbocycles. The number of methoxy groups -OCH3 is 1. The summed E-state index contributed by atoms with van der Waals surface area (Å²) in [6, 6.07) is 0. The number of hydrogen-bond acceptors (Lipinski definition) is 4. The average molecular weight is 144 g/mol. The molecule has 0 aromatic heterocycles. The van der Waals surface area contributed by atoms with Crippen molar-refractivity contribution in [3.05, 3.63) is 6.10 Å². The molecule has 0 aromatic carbocycles. The van der Waals surface area contributed by atoms with E-state index in [0.29, 0.717) is 19.3 Å². The highest BCUT2D eigenvalue weighted by molar-refractivity contribution is 5.83. The van der Waals surface area contributed by atoms with Crippen LogP contribution >= 0.6 is 0 Å². The van der Waals surface area contributed by atoms with Gasteiger partial charge in [-0.2, -0.15) is 0 Å². The van der Waals surface area contributed by atoms with E-state index < -0.39 is 0 Å². The van der Waals surface area contributed by atoms with Crippen molar-refractivity contribution in [2.75, 3.05) is 26.8 Å². The first-order chi connectivity index (χ1) is 4.84. The van der Waals surface area contributed by atoms with E-state index in [0.717, 1.165) is 6.54 Å². The lowest BCUT2D eigenvalue weighted by Gasteiger charge is -2.19. The van der Waals surface area contributed by atoms with Gasteiger partial charge in [-0.1, -0.05) is 0 Å². The van der Waals surface area contributed by atoms with Gasteiger partial charge in [-0.05, 0) is 0 Å². The number of esters is 1. The Kier molecular flexibility index (Phi) is 2.65. The summed E-state index contributed by atoms with van der Waals surface area (Å²) in [5, 5.41) is 2.99. The van der Waals surface area contributed by atoms with E-state index in [9.17, 15) is 4.79 Å². The fourth-order valence-electron chi connectivity index (χ4n) is 0.744. The zero-order chi connectivity index (χ0) is 7.40. The second-order valence-electron chi connectivity index (χ2n) is 1.94. The molecule has 0 unspecified atom stereocenters. The van der Waals surface area contributed by atoms with E-state index in [4.69, 9.17) is 4.74 Å². The lowest BCUT2D eigenvalue weighted by atomic mass is 10.3. The van der Waals surface area contributed by atoms with Crippen LogP contribution in [0.3, 0.4) is 0 Å². The maximum absolute atomic E-state index is 10.7. The van der Waals surface area contributed by atoms with Gasteiger partial charge in [0.15, 0.2) is 0 Å². The van der Waals surface area contributed by atoms with Gasteiger partial charge in [-0.3, -0.25) is 0 Å². The maximum atomic E-state index is 10.7. The molecule has 10 heavy (non-hydrogen) atoms. The Morgan fingerprint density at radius 2 is 2.60 bits per heavy atom. The third kappa shape index (κ3) is 1.68. The number of morpholine rings is 1. The number of hydrogen-bond donors (Lipinski definition) is 1. The molecule has 0 amide bonds. The van der Waals surface area contributed by atoms with Gasteiger partial charge in [0.1, 0.15) is 0 Å². The van der Waals surface area contributed by atoms with Crippen LogP contribution in [0.1, 0.15) is 0 Å². The molecule has 0 aromatic rings. The summed E-state index contributed by atoms with van der Waals surface area (Å²) >= 11 is 0. The third-order valence-corrected chi connectivity index (χ3v) is 1.25. The van der Waals surface area contributed by atoms with Crippen LogP contribution in [0.25, 0.3) is 0 Å². The van der Waals surface area contributed by atoms with Crippen molar-refractivity contribution >= 4 is 5.97 Å². The number of ether oxygens (including phenoxy) is 2. The lowest BCUT2D eigenvalue weighted by Crippen LogP contribution is -2.37. The van der Waals surface area contributed by atoms with Gasteiger partial charge in [0.05, 0.1) is 13.7 Å². The van der Waals surface area contributed by atoms with Crippen LogP contribution in [0.15, 0.2) is 0 Å². The summed E-state index contributed by atoms with van der Waals surface area (Å²) in [6.07, 6.45) is 0.369. The summed E-state index contributed by atoms with van der Waals surface area (Å²) in [4.78, 5) is 10.7. The van der Waals surface area contributed by atoms with Gasteiger partial charge in [0.25, 0.3) is 0 Å². The summed E-state index contributed by atoms with van der Waals surface area (Å²) in [7, 11) is 1.34. The molecule has 1 aliphatic rings. The Hall–Kier alpha value is -0.610. The fraction of sp³-hybridized carbons (Fsp3) is 0.667.